The molecule has 0 aromatic heterocycles. The molecule has 0 aliphatic carbocycles. The number of nitrogens with zero attached hydrogens (tertiary/aromatic N) is 2. The Bertz CT molecular complexity index is 1330. The van der Waals surface area contributed by atoms with Crippen LogP contribution in [0.5, 0.6) is 0 Å². The first-order valence-corrected chi connectivity index (χ1v) is 17.0. The summed E-state index contributed by atoms with van der Waals surface area (Å²) in [6, 6.07) is 12.3. The van der Waals surface area contributed by atoms with Crippen LogP contribution in [0.2, 0.25) is 0 Å². The van der Waals surface area contributed by atoms with Crippen molar-refractivity contribution in [3.05, 3.63) is 53.6 Å². The normalized spacial score (nSPS) is 20.3. The van der Waals surface area contributed by atoms with Crippen LogP contribution in [0.15, 0.2) is 47.4 Å². The minimum atomic E-state index is -3.76. The zero-order valence-corrected chi connectivity index (χ0v) is 25.8. The number of unbranched alkanes of at least 4 members (excludes halogenated alkanes) is 2. The molecule has 1 aliphatic heterocycles. The van der Waals surface area contributed by atoms with E-state index in [0.717, 1.165) is 31.4 Å². The van der Waals surface area contributed by atoms with Crippen LogP contribution in [-0.4, -0.2) is 65.8 Å². The molecule has 0 fully saturated rings. The second-order valence-electron chi connectivity index (χ2n) is 11.0. The van der Waals surface area contributed by atoms with Crippen molar-refractivity contribution in [3.63, 3.8) is 0 Å². The van der Waals surface area contributed by atoms with Crippen molar-refractivity contribution in [2.24, 2.45) is 5.41 Å². The maximum absolute atomic E-state index is 14.0. The molecule has 0 radical (unpaired) electrons. The predicted molar refractivity (Wildman–Crippen MR) is 159 cm³/mol. The van der Waals surface area contributed by atoms with Gasteiger partial charge in [0.05, 0.1) is 22.4 Å². The van der Waals surface area contributed by atoms with E-state index in [9.17, 15) is 21.9 Å². The molecule has 10 heteroatoms. The maximum Gasteiger partial charge on any atom is 0.301 e. The van der Waals surface area contributed by atoms with Crippen molar-refractivity contribution in [1.29, 1.82) is 0 Å². The number of rotatable bonds is 12. The van der Waals surface area contributed by atoms with Crippen LogP contribution in [-0.2, 0) is 20.0 Å². The van der Waals surface area contributed by atoms with E-state index in [2.05, 4.69) is 18.6 Å². The molecule has 1 heterocycles. The molecule has 0 bridgehead atoms. The summed E-state index contributed by atoms with van der Waals surface area (Å²) in [4.78, 5) is 2.15. The molecular formula is C29H45N3O5S2. The Morgan fingerprint density at radius 3 is 2.21 bits per heavy atom. The van der Waals surface area contributed by atoms with Gasteiger partial charge in [0.25, 0.3) is 0 Å². The van der Waals surface area contributed by atoms with Gasteiger partial charge in [0.1, 0.15) is 0 Å². The molecule has 2 N–H and O–H groups in total. The number of sulfone groups is 1. The lowest BCUT2D eigenvalue weighted by Gasteiger charge is -2.40. The molecule has 0 amide bonds. The van der Waals surface area contributed by atoms with Crippen LogP contribution in [0.4, 0.5) is 11.4 Å². The first kappa shape index (κ1) is 31.4. The maximum atomic E-state index is 14.0. The molecule has 3 rings (SSSR count). The largest absolute Gasteiger partial charge is 0.392 e. The third kappa shape index (κ3) is 6.78. The zero-order chi connectivity index (χ0) is 29.0. The van der Waals surface area contributed by atoms with E-state index in [-0.39, 0.29) is 10.6 Å². The first-order valence-electron chi connectivity index (χ1n) is 13.9. The van der Waals surface area contributed by atoms with Crippen LogP contribution in [0.3, 0.4) is 0 Å². The van der Waals surface area contributed by atoms with Crippen LogP contribution in [0.1, 0.15) is 76.3 Å². The number of nitrogens with one attached hydrogen (secondary N) is 1. The molecule has 39 heavy (non-hydrogen) atoms. The highest BCUT2D eigenvalue weighted by atomic mass is 32.2. The average molecular weight is 580 g/mol. The van der Waals surface area contributed by atoms with E-state index in [4.69, 9.17) is 0 Å². The Kier molecular flexibility index (Phi) is 10.1. The van der Waals surface area contributed by atoms with Crippen LogP contribution in [0.25, 0.3) is 0 Å². The molecule has 0 spiro atoms. The third-order valence-electron chi connectivity index (χ3n) is 8.01. The van der Waals surface area contributed by atoms with Crippen LogP contribution in [0, 0.1) is 5.41 Å². The second-order valence-corrected chi connectivity index (χ2v) is 14.7. The molecule has 2 aromatic carbocycles. The molecule has 0 unspecified atom stereocenters. The third-order valence-corrected chi connectivity index (χ3v) is 11.6. The lowest BCUT2D eigenvalue weighted by molar-refractivity contribution is 0.0127. The minimum Gasteiger partial charge on any atom is -0.392 e. The summed E-state index contributed by atoms with van der Waals surface area (Å²) in [7, 11) is -2.18. The summed E-state index contributed by atoms with van der Waals surface area (Å²) in [5.74, 6) is -0.765. The van der Waals surface area contributed by atoms with Crippen molar-refractivity contribution in [2.45, 2.75) is 76.2 Å². The fourth-order valence-corrected chi connectivity index (χ4v) is 8.70. The van der Waals surface area contributed by atoms with Gasteiger partial charge in [0.2, 0.25) is 0 Å². The van der Waals surface area contributed by atoms with Gasteiger partial charge in [-0.3, -0.25) is 4.72 Å². The zero-order valence-electron chi connectivity index (χ0n) is 24.1. The average Bonchev–Trinajstić information content (AvgIpc) is 2.96. The fourth-order valence-electron chi connectivity index (χ4n) is 5.58. The fraction of sp³-hybridized carbons (Fsp3) is 0.586. The monoisotopic (exact) mass is 579 g/mol. The summed E-state index contributed by atoms with van der Waals surface area (Å²) in [6.45, 7) is 6.21. The second kappa shape index (κ2) is 12.6. The Labute approximate surface area is 235 Å². The lowest BCUT2D eigenvalue weighted by atomic mass is 9.68. The number of anilines is 2. The standard InChI is InChI=1S/C29H45N3O5S2/c1-7-10-17-29(18-11-8-2)21-38(34,35)26-16-15-24(31(4)5)20-25(26)27(28(29)33)22-13-12-14-23(19-22)30-39(36,37)32(6)9-3/h12-16,19-20,27-28,30,33H,7-11,17-18,21H2,1-6H3/t27-,28-/m1/s1. The minimum absolute atomic E-state index is 0.112. The number of aliphatic hydroxyl groups is 1. The summed E-state index contributed by atoms with van der Waals surface area (Å²) in [5, 5.41) is 12.3. The van der Waals surface area contributed by atoms with Gasteiger partial charge in [0.15, 0.2) is 9.84 Å². The Morgan fingerprint density at radius 2 is 1.64 bits per heavy atom. The smallest absolute Gasteiger partial charge is 0.301 e. The van der Waals surface area contributed by atoms with Gasteiger partial charge in [-0.15, -0.1) is 0 Å². The van der Waals surface area contributed by atoms with Gasteiger partial charge in [-0.1, -0.05) is 58.6 Å². The molecule has 218 valence electrons. The predicted octanol–water partition coefficient (Wildman–Crippen LogP) is 5.01. The van der Waals surface area contributed by atoms with Crippen molar-refractivity contribution in [2.75, 3.05) is 43.1 Å². The molecule has 8 nitrogen and oxygen atoms in total. The summed E-state index contributed by atoms with van der Waals surface area (Å²) < 4.78 is 57.3. The van der Waals surface area contributed by atoms with Gasteiger partial charge in [-0.2, -0.15) is 12.7 Å². The highest BCUT2D eigenvalue weighted by molar-refractivity contribution is 7.91. The number of aliphatic hydroxyl groups excluding tert-OH is 1. The Hall–Kier alpha value is -2.14. The van der Waals surface area contributed by atoms with Crippen LogP contribution < -0.4 is 9.62 Å². The van der Waals surface area contributed by atoms with E-state index in [1.54, 1.807) is 37.3 Å². The lowest BCUT2D eigenvalue weighted by Crippen LogP contribution is -2.43. The van der Waals surface area contributed by atoms with E-state index in [1.807, 2.05) is 31.1 Å². The SMILES string of the molecule is CCCCC1(CCCC)CS(=O)(=O)c2ccc(N(C)C)cc2[C@@H](c2cccc(NS(=O)(=O)N(C)CC)c2)[C@H]1O. The Morgan fingerprint density at radius 1 is 1.00 bits per heavy atom. The highest BCUT2D eigenvalue weighted by Gasteiger charge is 2.49. The number of benzene rings is 2. The highest BCUT2D eigenvalue weighted by Crippen LogP contribution is 2.50. The van der Waals surface area contributed by atoms with Crippen molar-refractivity contribution in [3.8, 4) is 0 Å². The number of hydrogen-bond donors (Lipinski definition) is 2. The number of fused-ring (bicyclic) bond motifs is 1. The van der Waals surface area contributed by atoms with Gasteiger partial charge < -0.3 is 10.0 Å². The van der Waals surface area contributed by atoms with E-state index >= 15 is 0 Å². The van der Waals surface area contributed by atoms with Gasteiger partial charge in [-0.05, 0) is 54.3 Å². The van der Waals surface area contributed by atoms with E-state index in [0.29, 0.717) is 36.2 Å². The molecular weight excluding hydrogens is 534 g/mol. The van der Waals surface area contributed by atoms with E-state index in [1.165, 1.54) is 11.4 Å². The van der Waals surface area contributed by atoms with Crippen LogP contribution >= 0.6 is 0 Å². The summed E-state index contributed by atoms with van der Waals surface area (Å²) in [6.07, 6.45) is 3.63. The molecule has 0 saturated carbocycles. The van der Waals surface area contributed by atoms with Crippen molar-refractivity contribution < 1.29 is 21.9 Å². The quantitative estimate of drug-likeness (QED) is 0.366. The first-order chi connectivity index (χ1) is 18.3. The summed E-state index contributed by atoms with van der Waals surface area (Å²) in [5.41, 5.74) is 1.59. The molecule has 1 aliphatic rings. The molecule has 2 atom stereocenters. The number of hydrogen-bond acceptors (Lipinski definition) is 6. The van der Waals surface area contributed by atoms with Crippen molar-refractivity contribution in [1.82, 2.24) is 4.31 Å². The van der Waals surface area contributed by atoms with Crippen molar-refractivity contribution >= 4 is 31.4 Å². The topological polar surface area (TPSA) is 107 Å². The van der Waals surface area contributed by atoms with Gasteiger partial charge in [0, 0.05) is 44.7 Å². The van der Waals surface area contributed by atoms with E-state index < -0.39 is 37.5 Å². The van der Waals surface area contributed by atoms with Gasteiger partial charge in [-0.25, -0.2) is 8.42 Å². The molecule has 2 aromatic rings. The summed E-state index contributed by atoms with van der Waals surface area (Å²) >= 11 is 0. The van der Waals surface area contributed by atoms with Gasteiger partial charge >= 0.3 is 10.2 Å². The Balaban J connectivity index is 2.28. The molecule has 0 saturated heterocycles.